The molecule has 1 N–H and O–H groups in total. The smallest absolute Gasteiger partial charge is 0.352 e. The SMILES string of the molecule is COc1ccc(C(O)=C2C(=O)OC(C)(C)OC2=O)cc1. The summed E-state index contributed by atoms with van der Waals surface area (Å²) >= 11 is 0. The van der Waals surface area contributed by atoms with Crippen molar-refractivity contribution in [3.05, 3.63) is 35.4 Å². The zero-order chi connectivity index (χ0) is 14.9. The van der Waals surface area contributed by atoms with Crippen LogP contribution in [0.1, 0.15) is 19.4 Å². The van der Waals surface area contributed by atoms with E-state index >= 15 is 0 Å². The second kappa shape index (κ2) is 4.88. The predicted octanol–water partition coefficient (Wildman–Crippen LogP) is 1.80. The number of esters is 2. The van der Waals surface area contributed by atoms with Gasteiger partial charge in [0.25, 0.3) is 5.79 Å². The van der Waals surface area contributed by atoms with Crippen LogP contribution in [0.4, 0.5) is 0 Å². The third-order valence-corrected chi connectivity index (χ3v) is 2.69. The molecular formula is C14H14O6. The second-order valence-electron chi connectivity index (χ2n) is 4.63. The number of benzene rings is 1. The quantitative estimate of drug-likeness (QED) is 0.384. The van der Waals surface area contributed by atoms with Crippen molar-refractivity contribution in [2.45, 2.75) is 19.6 Å². The summed E-state index contributed by atoms with van der Waals surface area (Å²) < 4.78 is 14.8. The lowest BCUT2D eigenvalue weighted by Gasteiger charge is -2.30. The van der Waals surface area contributed by atoms with Gasteiger partial charge in [-0.25, -0.2) is 9.59 Å². The van der Waals surface area contributed by atoms with Crippen molar-refractivity contribution in [3.63, 3.8) is 0 Å². The van der Waals surface area contributed by atoms with Gasteiger partial charge in [-0.2, -0.15) is 0 Å². The molecule has 1 aliphatic heterocycles. The predicted molar refractivity (Wildman–Crippen MR) is 68.8 cm³/mol. The summed E-state index contributed by atoms with van der Waals surface area (Å²) in [6.07, 6.45) is 0. The molecule has 0 amide bonds. The van der Waals surface area contributed by atoms with Crippen molar-refractivity contribution in [1.29, 1.82) is 0 Å². The van der Waals surface area contributed by atoms with Crippen LogP contribution >= 0.6 is 0 Å². The van der Waals surface area contributed by atoms with E-state index in [1.165, 1.54) is 33.1 Å². The number of rotatable bonds is 2. The van der Waals surface area contributed by atoms with Crippen molar-refractivity contribution in [3.8, 4) is 5.75 Å². The Morgan fingerprint density at radius 3 is 2.05 bits per heavy atom. The van der Waals surface area contributed by atoms with Crippen molar-refractivity contribution in [1.82, 2.24) is 0 Å². The molecule has 6 nitrogen and oxygen atoms in total. The summed E-state index contributed by atoms with van der Waals surface area (Å²) in [7, 11) is 1.51. The van der Waals surface area contributed by atoms with Crippen LogP contribution in [0.15, 0.2) is 29.8 Å². The maximum absolute atomic E-state index is 11.8. The molecule has 1 saturated heterocycles. The van der Waals surface area contributed by atoms with E-state index in [1.54, 1.807) is 12.1 Å². The van der Waals surface area contributed by atoms with E-state index in [0.717, 1.165) is 0 Å². The number of hydrogen-bond acceptors (Lipinski definition) is 6. The minimum absolute atomic E-state index is 0.286. The first kappa shape index (κ1) is 13.9. The van der Waals surface area contributed by atoms with Crippen LogP contribution in [-0.4, -0.2) is 29.9 Å². The van der Waals surface area contributed by atoms with E-state index in [9.17, 15) is 14.7 Å². The second-order valence-corrected chi connectivity index (χ2v) is 4.63. The fraction of sp³-hybridized carbons (Fsp3) is 0.286. The molecule has 6 heteroatoms. The fourth-order valence-corrected chi connectivity index (χ4v) is 1.74. The lowest BCUT2D eigenvalue weighted by molar-refractivity contribution is -0.222. The Balaban J connectivity index is 2.40. The summed E-state index contributed by atoms with van der Waals surface area (Å²) in [4.78, 5) is 23.6. The van der Waals surface area contributed by atoms with Crippen LogP contribution in [-0.2, 0) is 19.1 Å². The van der Waals surface area contributed by atoms with E-state index in [0.29, 0.717) is 5.75 Å². The van der Waals surface area contributed by atoms with Crippen molar-refractivity contribution in [2.24, 2.45) is 0 Å². The van der Waals surface area contributed by atoms with E-state index in [1.807, 2.05) is 0 Å². The monoisotopic (exact) mass is 278 g/mol. The third kappa shape index (κ3) is 2.59. The average Bonchev–Trinajstić information content (AvgIpc) is 2.36. The maximum Gasteiger partial charge on any atom is 0.352 e. The maximum atomic E-state index is 11.8. The number of carbonyl (C=O) groups excluding carboxylic acids is 2. The number of aliphatic hydroxyl groups excluding tert-OH is 1. The summed E-state index contributed by atoms with van der Waals surface area (Å²) in [5.41, 5.74) is -0.233. The summed E-state index contributed by atoms with van der Waals surface area (Å²) in [5, 5.41) is 10.1. The highest BCUT2D eigenvalue weighted by molar-refractivity contribution is 6.20. The van der Waals surface area contributed by atoms with Crippen LogP contribution in [0, 0.1) is 0 Å². The molecule has 1 aliphatic rings. The topological polar surface area (TPSA) is 82.1 Å². The van der Waals surface area contributed by atoms with E-state index in [4.69, 9.17) is 14.2 Å². The number of ether oxygens (including phenoxy) is 3. The number of aliphatic hydroxyl groups is 1. The molecule has 0 radical (unpaired) electrons. The third-order valence-electron chi connectivity index (χ3n) is 2.69. The average molecular weight is 278 g/mol. The standard InChI is InChI=1S/C14H14O6/c1-14(2)19-12(16)10(13(17)20-14)11(15)8-4-6-9(18-3)7-5-8/h4-7,15H,1-3H3. The molecule has 0 unspecified atom stereocenters. The molecule has 0 aromatic heterocycles. The van der Waals surface area contributed by atoms with Crippen LogP contribution in [0.3, 0.4) is 0 Å². The summed E-state index contributed by atoms with van der Waals surface area (Å²) in [5.74, 6) is -3.07. The highest BCUT2D eigenvalue weighted by atomic mass is 16.7. The Morgan fingerprint density at radius 2 is 1.60 bits per heavy atom. The van der Waals surface area contributed by atoms with Gasteiger partial charge in [0.2, 0.25) is 0 Å². The first-order chi connectivity index (χ1) is 9.34. The van der Waals surface area contributed by atoms with Gasteiger partial charge in [-0.1, -0.05) is 0 Å². The normalized spacial score (nSPS) is 17.2. The lowest BCUT2D eigenvalue weighted by Crippen LogP contribution is -2.42. The molecule has 2 rings (SSSR count). The van der Waals surface area contributed by atoms with Crippen LogP contribution < -0.4 is 4.74 Å². The highest BCUT2D eigenvalue weighted by Gasteiger charge is 2.41. The molecule has 0 bridgehead atoms. The summed E-state index contributed by atoms with van der Waals surface area (Å²) in [6.45, 7) is 2.87. The molecule has 0 spiro atoms. The molecule has 1 fully saturated rings. The molecule has 1 aromatic carbocycles. The van der Waals surface area contributed by atoms with Gasteiger partial charge in [-0.15, -0.1) is 0 Å². The Bertz CT molecular complexity index is 560. The molecule has 0 atom stereocenters. The number of cyclic esters (lactones) is 2. The Morgan fingerprint density at radius 1 is 1.10 bits per heavy atom. The van der Waals surface area contributed by atoms with Crippen LogP contribution in [0.25, 0.3) is 5.76 Å². The molecule has 0 aliphatic carbocycles. The molecular weight excluding hydrogens is 264 g/mol. The fourth-order valence-electron chi connectivity index (χ4n) is 1.74. The van der Waals surface area contributed by atoms with Gasteiger partial charge in [-0.05, 0) is 24.3 Å². The largest absolute Gasteiger partial charge is 0.506 e. The lowest BCUT2D eigenvalue weighted by atomic mass is 10.1. The molecule has 1 heterocycles. The Labute approximate surface area is 115 Å². The van der Waals surface area contributed by atoms with Crippen LogP contribution in [0.5, 0.6) is 5.75 Å². The first-order valence-electron chi connectivity index (χ1n) is 5.88. The summed E-state index contributed by atoms with van der Waals surface area (Å²) in [6, 6.07) is 6.22. The number of methoxy groups -OCH3 is 1. The van der Waals surface area contributed by atoms with Gasteiger partial charge < -0.3 is 19.3 Å². The van der Waals surface area contributed by atoms with Gasteiger partial charge in [0.1, 0.15) is 11.5 Å². The van der Waals surface area contributed by atoms with Gasteiger partial charge in [0.15, 0.2) is 5.57 Å². The molecule has 0 saturated carbocycles. The number of carbonyl (C=O) groups is 2. The first-order valence-corrected chi connectivity index (χ1v) is 5.88. The molecule has 1 aromatic rings. The van der Waals surface area contributed by atoms with Gasteiger partial charge in [0, 0.05) is 19.4 Å². The van der Waals surface area contributed by atoms with Gasteiger partial charge in [0.05, 0.1) is 7.11 Å². The van der Waals surface area contributed by atoms with Gasteiger partial charge in [-0.3, -0.25) is 0 Å². The Kier molecular flexibility index (Phi) is 3.40. The van der Waals surface area contributed by atoms with Crippen LogP contribution in [0.2, 0.25) is 0 Å². The van der Waals surface area contributed by atoms with Crippen molar-refractivity contribution < 1.29 is 28.9 Å². The zero-order valence-corrected chi connectivity index (χ0v) is 11.3. The van der Waals surface area contributed by atoms with Gasteiger partial charge >= 0.3 is 11.9 Å². The Hall–Kier alpha value is -2.50. The van der Waals surface area contributed by atoms with E-state index < -0.39 is 29.1 Å². The van der Waals surface area contributed by atoms with Crippen molar-refractivity contribution in [2.75, 3.05) is 7.11 Å². The zero-order valence-electron chi connectivity index (χ0n) is 11.3. The number of hydrogen-bond donors (Lipinski definition) is 1. The minimum Gasteiger partial charge on any atom is -0.506 e. The highest BCUT2D eigenvalue weighted by Crippen LogP contribution is 2.28. The van der Waals surface area contributed by atoms with E-state index in [2.05, 4.69) is 0 Å². The van der Waals surface area contributed by atoms with E-state index in [-0.39, 0.29) is 5.56 Å². The molecule has 20 heavy (non-hydrogen) atoms. The minimum atomic E-state index is -1.34. The molecule has 106 valence electrons. The van der Waals surface area contributed by atoms with Crippen molar-refractivity contribution >= 4 is 17.7 Å².